The van der Waals surface area contributed by atoms with Crippen LogP contribution in [-0.4, -0.2) is 59.6 Å². The minimum atomic E-state index is -1.16. The molecule has 7 nitrogen and oxygen atoms in total. The minimum absolute atomic E-state index is 0.0332. The van der Waals surface area contributed by atoms with Crippen LogP contribution in [0.5, 0.6) is 0 Å². The smallest absolute Gasteiger partial charge is 0.312 e. The molecule has 2 rings (SSSR count). The van der Waals surface area contributed by atoms with Crippen LogP contribution in [0.3, 0.4) is 0 Å². The monoisotopic (exact) mass is 303 g/mol. The molecule has 1 atom stereocenters. The van der Waals surface area contributed by atoms with E-state index in [4.69, 9.17) is 16.9 Å². The Hall–Kier alpha value is -2.11. The zero-order valence-corrected chi connectivity index (χ0v) is 12.7. The molecule has 0 aliphatic heterocycles. The second kappa shape index (κ2) is 5.59. The van der Waals surface area contributed by atoms with Gasteiger partial charge < -0.3 is 20.1 Å². The van der Waals surface area contributed by atoms with Gasteiger partial charge in [-0.15, -0.1) is 6.42 Å². The molecule has 3 N–H and O–H groups in total. The first-order chi connectivity index (χ1) is 10.3. The summed E-state index contributed by atoms with van der Waals surface area (Å²) in [4.78, 5) is 11.3. The summed E-state index contributed by atoms with van der Waals surface area (Å²) >= 11 is 0. The molecular formula is C12H16B2FN5O2. The number of fused-ring (bicyclic) bond motifs is 1. The number of nitrogen functional groups attached to an aromatic ring is 1. The van der Waals surface area contributed by atoms with Gasteiger partial charge in [-0.25, -0.2) is 4.98 Å². The number of methoxy groups -OCH3 is 1. The standard InChI is InChI=1S/C12H16B2FN5O2/c1-3-11(5-21,22-2)4-12(13,14)20-6-17-7-8(16)18-10(15)19-9(7)20/h1,6,21H,4-5,13-14H2,2H3,(H2,16,18,19). The van der Waals surface area contributed by atoms with Crippen molar-refractivity contribution in [1.29, 1.82) is 0 Å². The lowest BCUT2D eigenvalue weighted by molar-refractivity contribution is -0.0191. The van der Waals surface area contributed by atoms with Crippen LogP contribution in [0, 0.1) is 18.4 Å². The summed E-state index contributed by atoms with van der Waals surface area (Å²) in [5, 5.41) is 8.88. The van der Waals surface area contributed by atoms with Crippen molar-refractivity contribution in [3.8, 4) is 12.3 Å². The Morgan fingerprint density at radius 1 is 1.55 bits per heavy atom. The van der Waals surface area contributed by atoms with Crippen LogP contribution in [0.4, 0.5) is 10.2 Å². The van der Waals surface area contributed by atoms with Gasteiger partial charge in [0, 0.05) is 7.11 Å². The fourth-order valence-corrected chi connectivity index (χ4v) is 2.47. The summed E-state index contributed by atoms with van der Waals surface area (Å²) in [6.45, 7) is -0.346. The fourth-order valence-electron chi connectivity index (χ4n) is 2.47. The average Bonchev–Trinajstić information content (AvgIpc) is 2.90. The van der Waals surface area contributed by atoms with Gasteiger partial charge >= 0.3 is 6.08 Å². The van der Waals surface area contributed by atoms with E-state index in [0.717, 1.165) is 0 Å². The number of nitrogens with zero attached hydrogens (tertiary/aromatic N) is 4. The van der Waals surface area contributed by atoms with Crippen LogP contribution >= 0.6 is 0 Å². The maximum absolute atomic E-state index is 13.4. The fraction of sp³-hybridized carbons (Fsp3) is 0.417. The molecule has 0 aliphatic rings. The lowest BCUT2D eigenvalue weighted by Crippen LogP contribution is -2.46. The zero-order valence-electron chi connectivity index (χ0n) is 12.7. The largest absolute Gasteiger partial charge is 0.392 e. The lowest BCUT2D eigenvalue weighted by atomic mass is 9.57. The van der Waals surface area contributed by atoms with Gasteiger partial charge in [-0.3, -0.25) is 0 Å². The number of aromatic nitrogens is 4. The molecule has 2 heterocycles. The molecule has 0 aromatic carbocycles. The Morgan fingerprint density at radius 3 is 2.77 bits per heavy atom. The van der Waals surface area contributed by atoms with E-state index in [1.165, 1.54) is 13.4 Å². The molecule has 0 spiro atoms. The number of hydrogen-bond acceptors (Lipinski definition) is 6. The topological polar surface area (TPSA) is 99.1 Å². The van der Waals surface area contributed by atoms with Crippen molar-refractivity contribution >= 4 is 32.7 Å². The van der Waals surface area contributed by atoms with Gasteiger partial charge in [0.15, 0.2) is 17.1 Å². The molecule has 0 radical (unpaired) electrons. The summed E-state index contributed by atoms with van der Waals surface area (Å²) in [5.41, 5.74) is 5.07. The van der Waals surface area contributed by atoms with Crippen LogP contribution in [0.15, 0.2) is 6.33 Å². The normalized spacial score (nSPS) is 14.6. The number of ether oxygens (including phenoxy) is 1. The summed E-state index contributed by atoms with van der Waals surface area (Å²) in [6.07, 6.45) is 6.31. The highest BCUT2D eigenvalue weighted by atomic mass is 19.1. The molecule has 2 aromatic heterocycles. The quantitative estimate of drug-likeness (QED) is 0.370. The van der Waals surface area contributed by atoms with E-state index in [9.17, 15) is 9.50 Å². The number of imidazole rings is 1. The van der Waals surface area contributed by atoms with E-state index >= 15 is 0 Å². The Kier molecular flexibility index (Phi) is 4.13. The Labute approximate surface area is 128 Å². The van der Waals surface area contributed by atoms with Crippen molar-refractivity contribution in [3.63, 3.8) is 0 Å². The number of rotatable bonds is 5. The molecule has 0 amide bonds. The second-order valence-electron chi connectivity index (χ2n) is 5.65. The van der Waals surface area contributed by atoms with Gasteiger partial charge in [-0.2, -0.15) is 14.4 Å². The van der Waals surface area contributed by atoms with E-state index in [1.54, 1.807) is 4.57 Å². The number of aliphatic hydroxyl groups excluding tert-OH is 1. The first-order valence-corrected chi connectivity index (χ1v) is 6.59. The molecule has 0 fully saturated rings. The number of terminal acetylenes is 1. The molecule has 0 saturated carbocycles. The van der Waals surface area contributed by atoms with Gasteiger partial charge in [0.25, 0.3) is 0 Å². The summed E-state index contributed by atoms with van der Waals surface area (Å²) in [7, 11) is 5.13. The molecule has 0 aliphatic carbocycles. The van der Waals surface area contributed by atoms with Crippen molar-refractivity contribution in [2.75, 3.05) is 19.5 Å². The van der Waals surface area contributed by atoms with Crippen molar-refractivity contribution in [1.82, 2.24) is 19.5 Å². The molecular weight excluding hydrogens is 287 g/mol. The van der Waals surface area contributed by atoms with Gasteiger partial charge in [-0.1, -0.05) is 5.92 Å². The minimum Gasteiger partial charge on any atom is -0.392 e. The first kappa shape index (κ1) is 16.3. The van der Waals surface area contributed by atoms with Crippen LogP contribution in [0.1, 0.15) is 6.42 Å². The number of anilines is 1. The molecule has 10 heteroatoms. The molecule has 1 unspecified atom stereocenters. The zero-order chi connectivity index (χ0) is 16.5. The van der Waals surface area contributed by atoms with E-state index in [1.807, 2.05) is 15.7 Å². The van der Waals surface area contributed by atoms with E-state index in [2.05, 4.69) is 20.9 Å². The predicted octanol–water partition coefficient (Wildman–Crippen LogP) is -2.18. The van der Waals surface area contributed by atoms with E-state index < -0.39 is 17.0 Å². The summed E-state index contributed by atoms with van der Waals surface area (Å²) in [6, 6.07) is 0. The molecule has 114 valence electrons. The highest BCUT2D eigenvalue weighted by Gasteiger charge is 2.36. The van der Waals surface area contributed by atoms with Crippen LogP contribution in [0.25, 0.3) is 11.2 Å². The predicted molar refractivity (Wildman–Crippen MR) is 85.0 cm³/mol. The second-order valence-corrected chi connectivity index (χ2v) is 5.65. The SMILES string of the molecule is BC(B)(CC(C#C)(CO)OC)n1cnc2c(N)nc(F)nc21. The van der Waals surface area contributed by atoms with Crippen LogP contribution in [-0.2, 0) is 10.1 Å². The number of hydrogen-bond donors (Lipinski definition) is 2. The maximum Gasteiger partial charge on any atom is 0.312 e. The van der Waals surface area contributed by atoms with E-state index in [-0.39, 0.29) is 24.5 Å². The molecule has 0 bridgehead atoms. The Morgan fingerprint density at radius 2 is 2.23 bits per heavy atom. The highest BCUT2D eigenvalue weighted by molar-refractivity contribution is 6.38. The van der Waals surface area contributed by atoms with Gasteiger partial charge in [-0.05, 0) is 11.8 Å². The molecule has 0 saturated heterocycles. The van der Waals surface area contributed by atoms with Crippen molar-refractivity contribution in [2.24, 2.45) is 0 Å². The third kappa shape index (κ3) is 2.65. The third-order valence-electron chi connectivity index (χ3n) is 3.68. The van der Waals surface area contributed by atoms with Gasteiger partial charge in [0.05, 0.1) is 12.9 Å². The summed E-state index contributed by atoms with van der Waals surface area (Å²) in [5.74, 6) is 2.43. The average molecular weight is 303 g/mol. The first-order valence-electron chi connectivity index (χ1n) is 6.59. The van der Waals surface area contributed by atoms with Crippen LogP contribution < -0.4 is 5.73 Å². The highest BCUT2D eigenvalue weighted by Crippen LogP contribution is 2.28. The van der Waals surface area contributed by atoms with Crippen molar-refractivity contribution in [3.05, 3.63) is 12.4 Å². The van der Waals surface area contributed by atoms with E-state index in [0.29, 0.717) is 5.52 Å². The number of aliphatic hydroxyl groups is 1. The molecule has 2 aromatic rings. The Balaban J connectivity index is 2.53. The Bertz CT molecular complexity index is 739. The number of nitrogens with two attached hydrogens (primary N) is 1. The van der Waals surface area contributed by atoms with Crippen LogP contribution in [0.2, 0.25) is 0 Å². The third-order valence-corrected chi connectivity index (χ3v) is 3.68. The number of halogens is 1. The van der Waals surface area contributed by atoms with Crippen molar-refractivity contribution < 1.29 is 14.2 Å². The maximum atomic E-state index is 13.4. The van der Waals surface area contributed by atoms with Crippen molar-refractivity contribution in [2.45, 2.75) is 17.4 Å². The summed E-state index contributed by atoms with van der Waals surface area (Å²) < 4.78 is 20.4. The van der Waals surface area contributed by atoms with Gasteiger partial charge in [0.2, 0.25) is 0 Å². The molecule has 22 heavy (non-hydrogen) atoms. The van der Waals surface area contributed by atoms with Gasteiger partial charge in [0.1, 0.15) is 21.2 Å². The lowest BCUT2D eigenvalue weighted by Gasteiger charge is -2.35.